The Labute approximate surface area is 177 Å². The predicted octanol–water partition coefficient (Wildman–Crippen LogP) is 3.39. The lowest BCUT2D eigenvalue weighted by atomic mass is 10.2. The van der Waals surface area contributed by atoms with E-state index in [0.29, 0.717) is 23.7 Å². The molecule has 0 saturated carbocycles. The highest BCUT2D eigenvalue weighted by Crippen LogP contribution is 2.29. The molecule has 7 nitrogen and oxygen atoms in total. The van der Waals surface area contributed by atoms with E-state index in [4.69, 9.17) is 9.47 Å². The van der Waals surface area contributed by atoms with Crippen molar-refractivity contribution in [1.82, 2.24) is 14.7 Å². The molecule has 1 saturated heterocycles. The number of morpholine rings is 1. The predicted molar refractivity (Wildman–Crippen MR) is 116 cm³/mol. The average Bonchev–Trinajstić information content (AvgIpc) is 3.14. The van der Waals surface area contributed by atoms with E-state index in [2.05, 4.69) is 31.2 Å². The number of benzene rings is 2. The summed E-state index contributed by atoms with van der Waals surface area (Å²) >= 11 is 3.47. The van der Waals surface area contributed by atoms with E-state index in [1.54, 1.807) is 7.11 Å². The number of carbonyl (C=O) groups is 1. The quantitative estimate of drug-likeness (QED) is 0.612. The summed E-state index contributed by atoms with van der Waals surface area (Å²) in [6, 6.07) is 13.2. The molecule has 1 aliphatic rings. The van der Waals surface area contributed by atoms with Crippen molar-refractivity contribution in [2.24, 2.45) is 0 Å². The third kappa shape index (κ3) is 4.29. The van der Waals surface area contributed by atoms with E-state index in [1.165, 1.54) is 0 Å². The van der Waals surface area contributed by atoms with Crippen LogP contribution in [0.5, 0.6) is 5.75 Å². The standard InChI is InChI=1S/C21H23BrN4O3/c1-28-18-8-4-5-15-19(21(27)23-17-7-3-2-6-16(17)22)24-26(20(15)18)10-9-25-11-13-29-14-12-25/h2-8H,9-14H2,1H3,(H,23,27). The van der Waals surface area contributed by atoms with Gasteiger partial charge >= 0.3 is 0 Å². The minimum absolute atomic E-state index is 0.250. The molecule has 152 valence electrons. The van der Waals surface area contributed by atoms with Crippen LogP contribution in [-0.2, 0) is 11.3 Å². The first-order valence-electron chi connectivity index (χ1n) is 9.57. The summed E-state index contributed by atoms with van der Waals surface area (Å²) in [6.45, 7) is 4.83. The number of rotatable bonds is 6. The highest BCUT2D eigenvalue weighted by molar-refractivity contribution is 9.10. The fourth-order valence-electron chi connectivity index (χ4n) is 3.50. The number of anilines is 1. The number of hydrogen-bond donors (Lipinski definition) is 1. The van der Waals surface area contributed by atoms with Gasteiger partial charge in [0.1, 0.15) is 11.3 Å². The maximum absolute atomic E-state index is 13.0. The van der Waals surface area contributed by atoms with Crippen LogP contribution in [0.1, 0.15) is 10.5 Å². The normalized spacial score (nSPS) is 14.8. The fraction of sp³-hybridized carbons (Fsp3) is 0.333. The van der Waals surface area contributed by atoms with Crippen molar-refractivity contribution in [1.29, 1.82) is 0 Å². The molecule has 0 radical (unpaired) electrons. The van der Waals surface area contributed by atoms with Gasteiger partial charge in [0.25, 0.3) is 5.91 Å². The van der Waals surface area contributed by atoms with E-state index in [0.717, 1.165) is 48.2 Å². The van der Waals surface area contributed by atoms with Crippen LogP contribution in [0.4, 0.5) is 5.69 Å². The molecule has 2 heterocycles. The third-order valence-electron chi connectivity index (χ3n) is 5.02. The highest BCUT2D eigenvalue weighted by atomic mass is 79.9. The zero-order valence-corrected chi connectivity index (χ0v) is 17.8. The number of ether oxygens (including phenoxy) is 2. The van der Waals surface area contributed by atoms with Crippen LogP contribution in [0.3, 0.4) is 0 Å². The second-order valence-electron chi connectivity index (χ2n) is 6.82. The molecular weight excluding hydrogens is 436 g/mol. The third-order valence-corrected chi connectivity index (χ3v) is 5.71. The van der Waals surface area contributed by atoms with Gasteiger partial charge in [-0.05, 0) is 34.1 Å². The summed E-state index contributed by atoms with van der Waals surface area (Å²) in [5.74, 6) is 0.456. The van der Waals surface area contributed by atoms with Gasteiger partial charge in [-0.1, -0.05) is 24.3 Å². The molecule has 1 aromatic heterocycles. The number of hydrogen-bond acceptors (Lipinski definition) is 5. The molecule has 4 rings (SSSR count). The Morgan fingerprint density at radius 2 is 1.97 bits per heavy atom. The molecule has 0 unspecified atom stereocenters. The summed E-state index contributed by atoms with van der Waals surface area (Å²) < 4.78 is 13.7. The lowest BCUT2D eigenvalue weighted by molar-refractivity contribution is 0.0361. The average molecular weight is 459 g/mol. The topological polar surface area (TPSA) is 68.6 Å². The number of carbonyl (C=O) groups excluding carboxylic acids is 1. The Bertz CT molecular complexity index is 1010. The van der Waals surface area contributed by atoms with Crippen LogP contribution >= 0.6 is 15.9 Å². The van der Waals surface area contributed by atoms with Crippen molar-refractivity contribution >= 4 is 38.4 Å². The van der Waals surface area contributed by atoms with Crippen molar-refractivity contribution in [2.45, 2.75) is 6.54 Å². The Kier molecular flexibility index (Phi) is 6.13. The first-order chi connectivity index (χ1) is 14.2. The van der Waals surface area contributed by atoms with Crippen LogP contribution < -0.4 is 10.1 Å². The van der Waals surface area contributed by atoms with Gasteiger partial charge in [-0.15, -0.1) is 0 Å². The zero-order valence-electron chi connectivity index (χ0n) is 16.2. The smallest absolute Gasteiger partial charge is 0.276 e. The Hall–Kier alpha value is -2.42. The molecule has 0 spiro atoms. The lowest BCUT2D eigenvalue weighted by Crippen LogP contribution is -2.38. The molecule has 3 aromatic rings. The van der Waals surface area contributed by atoms with Gasteiger partial charge in [0.15, 0.2) is 5.69 Å². The summed E-state index contributed by atoms with van der Waals surface area (Å²) in [7, 11) is 1.63. The summed E-state index contributed by atoms with van der Waals surface area (Å²) in [5.41, 5.74) is 1.92. The van der Waals surface area contributed by atoms with Crippen LogP contribution in [0, 0.1) is 0 Å². The molecule has 1 N–H and O–H groups in total. The SMILES string of the molecule is COc1cccc2c(C(=O)Nc3ccccc3Br)nn(CCN3CCOCC3)c12. The number of nitrogens with one attached hydrogen (secondary N) is 1. The largest absolute Gasteiger partial charge is 0.494 e. The maximum atomic E-state index is 13.0. The van der Waals surface area contributed by atoms with Crippen molar-refractivity contribution in [3.8, 4) is 5.75 Å². The van der Waals surface area contributed by atoms with Crippen molar-refractivity contribution in [3.05, 3.63) is 52.6 Å². The van der Waals surface area contributed by atoms with E-state index < -0.39 is 0 Å². The van der Waals surface area contributed by atoms with Gasteiger partial charge < -0.3 is 14.8 Å². The number of nitrogens with zero attached hydrogens (tertiary/aromatic N) is 3. The number of para-hydroxylation sites is 2. The maximum Gasteiger partial charge on any atom is 0.276 e. The van der Waals surface area contributed by atoms with E-state index in [1.807, 2.05) is 47.1 Å². The first-order valence-corrected chi connectivity index (χ1v) is 10.4. The summed E-state index contributed by atoms with van der Waals surface area (Å²) in [6.07, 6.45) is 0. The number of methoxy groups -OCH3 is 1. The Morgan fingerprint density at radius 1 is 1.17 bits per heavy atom. The second kappa shape index (κ2) is 8.94. The van der Waals surface area contributed by atoms with Gasteiger partial charge in [-0.3, -0.25) is 14.4 Å². The summed E-state index contributed by atoms with van der Waals surface area (Å²) in [5, 5.41) is 8.38. The van der Waals surface area contributed by atoms with Crippen LogP contribution in [0.25, 0.3) is 10.9 Å². The van der Waals surface area contributed by atoms with Crippen molar-refractivity contribution in [3.63, 3.8) is 0 Å². The number of amides is 1. The van der Waals surface area contributed by atoms with E-state index in [9.17, 15) is 4.79 Å². The van der Waals surface area contributed by atoms with Gasteiger partial charge in [-0.25, -0.2) is 0 Å². The molecular formula is C21H23BrN4O3. The molecule has 1 amide bonds. The first kappa shape index (κ1) is 19.9. The lowest BCUT2D eigenvalue weighted by Gasteiger charge is -2.26. The monoisotopic (exact) mass is 458 g/mol. The van der Waals surface area contributed by atoms with Gasteiger partial charge in [-0.2, -0.15) is 5.10 Å². The second-order valence-corrected chi connectivity index (χ2v) is 7.67. The number of aromatic nitrogens is 2. The molecule has 29 heavy (non-hydrogen) atoms. The van der Waals surface area contributed by atoms with E-state index in [-0.39, 0.29) is 5.91 Å². The Morgan fingerprint density at radius 3 is 2.72 bits per heavy atom. The van der Waals surface area contributed by atoms with Crippen LogP contribution in [-0.4, -0.2) is 60.5 Å². The molecule has 1 fully saturated rings. The molecule has 8 heteroatoms. The van der Waals surface area contributed by atoms with Gasteiger partial charge in [0, 0.05) is 29.5 Å². The highest BCUT2D eigenvalue weighted by Gasteiger charge is 2.21. The minimum atomic E-state index is -0.250. The molecule has 0 aliphatic carbocycles. The Balaban J connectivity index is 1.65. The van der Waals surface area contributed by atoms with Crippen LogP contribution in [0.15, 0.2) is 46.9 Å². The number of halogens is 1. The summed E-state index contributed by atoms with van der Waals surface area (Å²) in [4.78, 5) is 15.4. The fourth-order valence-corrected chi connectivity index (χ4v) is 3.89. The molecule has 0 atom stereocenters. The van der Waals surface area contributed by atoms with Crippen molar-refractivity contribution < 1.29 is 14.3 Å². The number of fused-ring (bicyclic) bond motifs is 1. The van der Waals surface area contributed by atoms with Crippen LogP contribution in [0.2, 0.25) is 0 Å². The zero-order chi connectivity index (χ0) is 20.2. The van der Waals surface area contributed by atoms with E-state index >= 15 is 0 Å². The van der Waals surface area contributed by atoms with Gasteiger partial charge in [0.2, 0.25) is 0 Å². The van der Waals surface area contributed by atoms with Gasteiger partial charge in [0.05, 0.1) is 32.6 Å². The molecule has 2 aromatic carbocycles. The van der Waals surface area contributed by atoms with Crippen molar-refractivity contribution in [2.75, 3.05) is 45.3 Å². The molecule has 0 bridgehead atoms. The minimum Gasteiger partial charge on any atom is -0.494 e. The molecule has 1 aliphatic heterocycles.